The van der Waals surface area contributed by atoms with E-state index in [1.807, 2.05) is 32.7 Å². The quantitative estimate of drug-likeness (QED) is 0.584. The maximum atomic E-state index is 13.0. The van der Waals surface area contributed by atoms with Crippen LogP contribution >= 0.6 is 13.5 Å². The van der Waals surface area contributed by atoms with Crippen LogP contribution in [0.1, 0.15) is 53.1 Å². The normalized spacial score (nSPS) is 20.0. The van der Waals surface area contributed by atoms with Gasteiger partial charge in [0.15, 0.2) is 5.82 Å². The Morgan fingerprint density at radius 1 is 1.22 bits per heavy atom. The minimum Gasteiger partial charge on any atom is -0.410 e. The molecule has 2 aromatic rings. The monoisotopic (exact) mass is 521 g/mol. The summed E-state index contributed by atoms with van der Waals surface area (Å²) >= 11 is 0. The molecule has 0 spiro atoms. The highest BCUT2D eigenvalue weighted by molar-refractivity contribution is 7.59. The molecule has 1 aromatic heterocycles. The van der Waals surface area contributed by atoms with E-state index in [2.05, 4.69) is 10.3 Å². The highest BCUT2D eigenvalue weighted by atomic mass is 32.1. The minimum atomic E-state index is -0.456. The molecule has 1 atom stereocenters. The average molecular weight is 522 g/mol. The van der Waals surface area contributed by atoms with Gasteiger partial charge < -0.3 is 19.9 Å². The number of nitrogens with zero attached hydrogens (tertiary/aromatic N) is 4. The van der Waals surface area contributed by atoms with Gasteiger partial charge in [0.1, 0.15) is 29.1 Å². The first kappa shape index (κ1) is 31.2. The lowest BCUT2D eigenvalue weighted by molar-refractivity contribution is -0.118. The number of benzene rings is 1. The van der Waals surface area contributed by atoms with Crippen LogP contribution < -0.4 is 15.0 Å². The van der Waals surface area contributed by atoms with Crippen molar-refractivity contribution >= 4 is 37.0 Å². The minimum absolute atomic E-state index is 0. The van der Waals surface area contributed by atoms with Crippen LogP contribution in [0.4, 0.5) is 20.7 Å². The molecule has 0 radical (unpaired) electrons. The van der Waals surface area contributed by atoms with Crippen LogP contribution in [0.5, 0.6) is 5.75 Å². The second kappa shape index (κ2) is 12.4. The first-order valence-corrected chi connectivity index (χ1v) is 11.3. The lowest BCUT2D eigenvalue weighted by Crippen LogP contribution is -2.50. The zero-order valence-corrected chi connectivity index (χ0v) is 21.1. The third kappa shape index (κ3) is 6.27. The van der Waals surface area contributed by atoms with Crippen molar-refractivity contribution in [2.24, 2.45) is 11.8 Å². The third-order valence-electron chi connectivity index (χ3n) is 6.55. The van der Waals surface area contributed by atoms with Gasteiger partial charge in [0, 0.05) is 26.6 Å². The molecule has 2 aliphatic rings. The molecule has 36 heavy (non-hydrogen) atoms. The fourth-order valence-electron chi connectivity index (χ4n) is 4.63. The fraction of sp³-hybridized carbons (Fsp3) is 0.538. The van der Waals surface area contributed by atoms with E-state index in [1.165, 1.54) is 24.3 Å². The van der Waals surface area contributed by atoms with Gasteiger partial charge >= 0.3 is 6.09 Å². The van der Waals surface area contributed by atoms with Crippen molar-refractivity contribution in [3.63, 3.8) is 0 Å². The maximum Gasteiger partial charge on any atom is 0.415 e. The summed E-state index contributed by atoms with van der Waals surface area (Å²) in [5.41, 5.74) is 1.44. The van der Waals surface area contributed by atoms with Crippen molar-refractivity contribution in [1.82, 2.24) is 14.9 Å². The number of nitrogens with one attached hydrogen (secondary N) is 1. The predicted octanol–water partition coefficient (Wildman–Crippen LogP) is 5.17. The van der Waals surface area contributed by atoms with E-state index in [9.17, 15) is 14.0 Å². The number of ether oxygens (including phenoxy) is 1. The molecule has 1 aliphatic carbocycles. The zero-order valence-electron chi connectivity index (χ0n) is 20.1. The number of aryl methyl sites for hydroxylation is 1. The lowest BCUT2D eigenvalue weighted by atomic mass is 9.77. The Hall–Kier alpha value is -2.88. The van der Waals surface area contributed by atoms with Gasteiger partial charge in [-0.25, -0.2) is 19.2 Å². The third-order valence-corrected chi connectivity index (χ3v) is 6.55. The van der Waals surface area contributed by atoms with Gasteiger partial charge in [0.25, 0.3) is 0 Å². The second-order valence-electron chi connectivity index (χ2n) is 9.34. The lowest BCUT2D eigenvalue weighted by Gasteiger charge is -2.40. The number of hydrogen-bond donors (Lipinski definition) is 1. The van der Waals surface area contributed by atoms with Gasteiger partial charge in [-0.3, -0.25) is 4.79 Å². The van der Waals surface area contributed by atoms with E-state index in [-0.39, 0.29) is 58.1 Å². The Bertz CT molecular complexity index is 1060. The van der Waals surface area contributed by atoms with Crippen molar-refractivity contribution in [2.45, 2.75) is 67.0 Å². The molecule has 2 amide bonds. The molecule has 1 N–H and O–H groups in total. The molecule has 0 unspecified atom stereocenters. The largest absolute Gasteiger partial charge is 0.415 e. The maximum absolute atomic E-state index is 13.0. The highest BCUT2D eigenvalue weighted by Crippen LogP contribution is 2.37. The Balaban J connectivity index is 0.00000216. The van der Waals surface area contributed by atoms with E-state index in [4.69, 9.17) is 9.72 Å². The van der Waals surface area contributed by atoms with Gasteiger partial charge in [0.2, 0.25) is 5.91 Å². The number of fused-ring (bicyclic) bond motifs is 1. The van der Waals surface area contributed by atoms with Gasteiger partial charge in [-0.2, -0.15) is 13.5 Å². The van der Waals surface area contributed by atoms with Crippen LogP contribution in [-0.4, -0.2) is 53.0 Å². The number of halogens is 1. The number of rotatable bonds is 5. The summed E-state index contributed by atoms with van der Waals surface area (Å²) in [7, 11) is 3.62. The SMILES string of the molecule is C.C.Cc1nc(CC2CC(N(C)C(=O)Oc3ccc(F)cc3)C2)nc2c1NC(=O)[C@H](C(C)C)N2C.S. The van der Waals surface area contributed by atoms with Crippen LogP contribution in [0, 0.1) is 24.6 Å². The summed E-state index contributed by atoms with van der Waals surface area (Å²) < 4.78 is 18.4. The summed E-state index contributed by atoms with van der Waals surface area (Å²) in [6, 6.07) is 5.19. The van der Waals surface area contributed by atoms with Gasteiger partial charge in [0.05, 0.1) is 5.69 Å². The summed E-state index contributed by atoms with van der Waals surface area (Å²) in [6.45, 7) is 5.93. The van der Waals surface area contributed by atoms with Crippen LogP contribution in [-0.2, 0) is 11.2 Å². The van der Waals surface area contributed by atoms with Crippen molar-refractivity contribution in [1.29, 1.82) is 0 Å². The molecule has 1 fully saturated rings. The van der Waals surface area contributed by atoms with Gasteiger partial charge in [-0.15, -0.1) is 0 Å². The highest BCUT2D eigenvalue weighted by Gasteiger charge is 2.38. The topological polar surface area (TPSA) is 87.7 Å². The Morgan fingerprint density at radius 2 is 1.83 bits per heavy atom. The molecule has 0 bridgehead atoms. The van der Waals surface area contributed by atoms with Crippen molar-refractivity contribution in [2.75, 3.05) is 24.3 Å². The van der Waals surface area contributed by atoms with Gasteiger partial charge in [-0.1, -0.05) is 28.7 Å². The standard InChI is InChI=1S/C24H30FN5O3.2CH4.H2S/c1-13(2)21-23(31)28-20-14(3)26-19(27-22(20)30(21)5)12-15-10-17(11-15)29(4)24(32)33-18-8-6-16(25)7-9-18;;;/h6-9,13,15,17,21H,10-12H2,1-5H3,(H,28,31);2*1H4;1H2/t15?,17?,21-;;;/m0.../s1. The summed E-state index contributed by atoms with van der Waals surface area (Å²) in [4.78, 5) is 37.8. The second-order valence-corrected chi connectivity index (χ2v) is 9.34. The number of carbonyl (C=O) groups is 2. The molecule has 0 saturated heterocycles. The summed E-state index contributed by atoms with van der Waals surface area (Å²) in [5.74, 6) is 1.92. The van der Waals surface area contributed by atoms with E-state index >= 15 is 0 Å². The van der Waals surface area contributed by atoms with Crippen LogP contribution in [0.3, 0.4) is 0 Å². The van der Waals surface area contributed by atoms with Crippen molar-refractivity contribution in [3.05, 3.63) is 41.6 Å². The number of carbonyl (C=O) groups excluding carboxylic acids is 2. The molecule has 1 aliphatic heterocycles. The van der Waals surface area contributed by atoms with Gasteiger partial charge in [-0.05, 0) is 55.9 Å². The summed E-state index contributed by atoms with van der Waals surface area (Å²) in [5, 5.41) is 2.97. The fourth-order valence-corrected chi connectivity index (χ4v) is 4.63. The van der Waals surface area contributed by atoms with Crippen molar-refractivity contribution in [3.8, 4) is 5.75 Å². The van der Waals surface area contributed by atoms with Crippen LogP contribution in [0.15, 0.2) is 24.3 Å². The molecule has 8 nitrogen and oxygen atoms in total. The van der Waals surface area contributed by atoms with Crippen LogP contribution in [0.25, 0.3) is 0 Å². The smallest absolute Gasteiger partial charge is 0.410 e. The molecular formula is C26H40FN5O3S. The molecule has 1 aromatic carbocycles. The zero-order chi connectivity index (χ0) is 23.9. The molecule has 200 valence electrons. The Labute approximate surface area is 221 Å². The average Bonchev–Trinajstić information content (AvgIpc) is 2.72. The Kier molecular flexibility index (Phi) is 10.7. The molecule has 10 heteroatoms. The number of amides is 2. The summed E-state index contributed by atoms with van der Waals surface area (Å²) in [6.07, 6.45) is 1.91. The number of hydrogen-bond acceptors (Lipinski definition) is 6. The van der Waals surface area contributed by atoms with E-state index in [0.29, 0.717) is 23.8 Å². The van der Waals surface area contributed by atoms with E-state index in [1.54, 1.807) is 11.9 Å². The molecule has 2 heterocycles. The predicted molar refractivity (Wildman–Crippen MR) is 147 cm³/mol. The number of anilines is 2. The Morgan fingerprint density at radius 3 is 2.42 bits per heavy atom. The molecule has 4 rings (SSSR count). The number of likely N-dealkylation sites (N-methyl/N-ethyl adjacent to an activating group) is 1. The van der Waals surface area contributed by atoms with E-state index < -0.39 is 6.09 Å². The molecule has 1 saturated carbocycles. The first-order valence-electron chi connectivity index (χ1n) is 11.3. The number of aromatic nitrogens is 2. The molecular weight excluding hydrogens is 481 g/mol. The van der Waals surface area contributed by atoms with Crippen LogP contribution in [0.2, 0.25) is 0 Å². The van der Waals surface area contributed by atoms with E-state index in [0.717, 1.165) is 30.2 Å². The van der Waals surface area contributed by atoms with Crippen molar-refractivity contribution < 1.29 is 18.7 Å². The first-order chi connectivity index (χ1) is 15.6.